The van der Waals surface area contributed by atoms with E-state index < -0.39 is 10.0 Å². The summed E-state index contributed by atoms with van der Waals surface area (Å²) < 4.78 is 30.6. The Morgan fingerprint density at radius 3 is 2.74 bits per heavy atom. The predicted molar refractivity (Wildman–Crippen MR) is 71.6 cm³/mol. The Bertz CT molecular complexity index is 508. The van der Waals surface area contributed by atoms with Crippen molar-refractivity contribution in [1.82, 2.24) is 14.6 Å². The van der Waals surface area contributed by atoms with E-state index in [1.165, 1.54) is 26.4 Å². The number of nitrogens with one attached hydrogen (secondary N) is 1. The third-order valence-corrected chi connectivity index (χ3v) is 4.83. The molecule has 1 aliphatic heterocycles. The molecule has 1 unspecified atom stereocenters. The van der Waals surface area contributed by atoms with E-state index in [-0.39, 0.29) is 11.0 Å². The van der Waals surface area contributed by atoms with Gasteiger partial charge in [0.2, 0.25) is 15.9 Å². The molecular weight excluding hydrogens is 266 g/mol. The lowest BCUT2D eigenvalue weighted by Crippen LogP contribution is -2.37. The Labute approximate surface area is 113 Å². The van der Waals surface area contributed by atoms with Gasteiger partial charge in [0.25, 0.3) is 0 Å². The first-order valence-corrected chi connectivity index (χ1v) is 7.70. The van der Waals surface area contributed by atoms with Crippen LogP contribution in [0.3, 0.4) is 0 Å². The third kappa shape index (κ3) is 3.43. The summed E-state index contributed by atoms with van der Waals surface area (Å²) in [6.45, 7) is 1.83. The van der Waals surface area contributed by atoms with Crippen LogP contribution in [0.4, 0.5) is 0 Å². The van der Waals surface area contributed by atoms with Crippen molar-refractivity contribution in [3.63, 3.8) is 0 Å². The van der Waals surface area contributed by atoms with E-state index >= 15 is 0 Å². The number of sulfonamides is 1. The molecule has 1 aromatic rings. The molecule has 0 bridgehead atoms. The van der Waals surface area contributed by atoms with Gasteiger partial charge in [0.05, 0.1) is 6.20 Å². The molecule has 1 aromatic heterocycles. The van der Waals surface area contributed by atoms with E-state index in [1.807, 2.05) is 0 Å². The Morgan fingerprint density at radius 2 is 2.21 bits per heavy atom. The fourth-order valence-electron chi connectivity index (χ4n) is 1.89. The van der Waals surface area contributed by atoms with Crippen molar-refractivity contribution < 1.29 is 13.2 Å². The van der Waals surface area contributed by atoms with Gasteiger partial charge in [-0.15, -0.1) is 0 Å². The first-order chi connectivity index (χ1) is 9.00. The fraction of sp³-hybridized carbons (Fsp3) is 0.583. The second-order valence-corrected chi connectivity index (χ2v) is 6.86. The van der Waals surface area contributed by atoms with Crippen molar-refractivity contribution in [2.24, 2.45) is 0 Å². The highest BCUT2D eigenvalue weighted by Gasteiger charge is 2.19. The summed E-state index contributed by atoms with van der Waals surface area (Å²) in [5.41, 5.74) is 0. The lowest BCUT2D eigenvalue weighted by Gasteiger charge is -2.23. The summed E-state index contributed by atoms with van der Waals surface area (Å²) in [4.78, 5) is 4.24. The molecule has 0 aromatic carbocycles. The number of hydrogen-bond donors (Lipinski definition) is 1. The van der Waals surface area contributed by atoms with Gasteiger partial charge < -0.3 is 10.1 Å². The second-order valence-electron chi connectivity index (χ2n) is 4.71. The summed E-state index contributed by atoms with van der Waals surface area (Å²) >= 11 is 0. The van der Waals surface area contributed by atoms with Crippen LogP contribution in [0.5, 0.6) is 5.88 Å². The molecule has 2 heterocycles. The topological polar surface area (TPSA) is 71.5 Å². The minimum Gasteiger partial charge on any atom is -0.473 e. The molecule has 1 atom stereocenters. The standard InChI is InChI=1S/C12H19N3O3S/c1-15(2)19(16,17)11-5-6-12(14-9-11)18-10-4-3-7-13-8-10/h5-6,9-10,13H,3-4,7-8H2,1-2H3. The van der Waals surface area contributed by atoms with Crippen LogP contribution in [-0.4, -0.2) is 51.0 Å². The smallest absolute Gasteiger partial charge is 0.244 e. The van der Waals surface area contributed by atoms with Crippen molar-refractivity contribution >= 4 is 10.0 Å². The zero-order chi connectivity index (χ0) is 13.9. The molecule has 1 N–H and O–H groups in total. The molecule has 2 rings (SSSR count). The van der Waals surface area contributed by atoms with Gasteiger partial charge in [-0.2, -0.15) is 0 Å². The molecule has 0 aliphatic carbocycles. The van der Waals surface area contributed by atoms with Crippen LogP contribution in [0.2, 0.25) is 0 Å². The highest BCUT2D eigenvalue weighted by molar-refractivity contribution is 7.89. The molecule has 0 amide bonds. The van der Waals surface area contributed by atoms with E-state index in [0.717, 1.165) is 30.2 Å². The van der Waals surface area contributed by atoms with Gasteiger partial charge in [0.1, 0.15) is 11.0 Å². The molecule has 106 valence electrons. The maximum absolute atomic E-state index is 11.9. The van der Waals surface area contributed by atoms with Gasteiger partial charge in [0, 0.05) is 26.7 Å². The van der Waals surface area contributed by atoms with E-state index in [1.54, 1.807) is 6.07 Å². The van der Waals surface area contributed by atoms with Crippen LogP contribution < -0.4 is 10.1 Å². The minimum absolute atomic E-state index is 0.109. The van der Waals surface area contributed by atoms with Gasteiger partial charge >= 0.3 is 0 Å². The summed E-state index contributed by atoms with van der Waals surface area (Å²) in [6.07, 6.45) is 3.52. The number of rotatable bonds is 4. The van der Waals surface area contributed by atoms with Gasteiger partial charge in [-0.25, -0.2) is 17.7 Å². The van der Waals surface area contributed by atoms with Gasteiger partial charge in [0.15, 0.2) is 0 Å². The highest BCUT2D eigenvalue weighted by Crippen LogP contribution is 2.17. The quantitative estimate of drug-likeness (QED) is 0.870. The zero-order valence-electron chi connectivity index (χ0n) is 11.2. The molecule has 1 aliphatic rings. The number of ether oxygens (including phenoxy) is 1. The first-order valence-electron chi connectivity index (χ1n) is 6.26. The van der Waals surface area contributed by atoms with Gasteiger partial charge in [-0.1, -0.05) is 0 Å². The van der Waals surface area contributed by atoms with Crippen LogP contribution in [0.15, 0.2) is 23.2 Å². The lowest BCUT2D eigenvalue weighted by molar-refractivity contribution is 0.160. The summed E-state index contributed by atoms with van der Waals surface area (Å²) in [5.74, 6) is 0.464. The first kappa shape index (κ1) is 14.2. The number of piperidine rings is 1. The molecule has 0 radical (unpaired) electrons. The van der Waals surface area contributed by atoms with Crippen LogP contribution in [0, 0.1) is 0 Å². The van der Waals surface area contributed by atoms with Crippen LogP contribution >= 0.6 is 0 Å². The summed E-state index contributed by atoms with van der Waals surface area (Å²) in [7, 11) is -0.437. The van der Waals surface area contributed by atoms with Crippen molar-refractivity contribution in [2.45, 2.75) is 23.8 Å². The summed E-state index contributed by atoms with van der Waals surface area (Å²) in [6, 6.07) is 3.12. The number of pyridine rings is 1. The molecule has 6 nitrogen and oxygen atoms in total. The van der Waals surface area contributed by atoms with Crippen molar-refractivity contribution in [3.05, 3.63) is 18.3 Å². The van der Waals surface area contributed by atoms with Crippen LogP contribution in [0.1, 0.15) is 12.8 Å². The second kappa shape index (κ2) is 5.85. The van der Waals surface area contributed by atoms with Gasteiger partial charge in [-0.3, -0.25) is 0 Å². The Kier molecular flexibility index (Phi) is 4.38. The van der Waals surface area contributed by atoms with Crippen molar-refractivity contribution in [1.29, 1.82) is 0 Å². The van der Waals surface area contributed by atoms with Crippen LogP contribution in [-0.2, 0) is 10.0 Å². The molecule has 1 fully saturated rings. The zero-order valence-corrected chi connectivity index (χ0v) is 12.0. The minimum atomic E-state index is -3.42. The SMILES string of the molecule is CN(C)S(=O)(=O)c1ccc(OC2CCCNC2)nc1. The molecule has 1 saturated heterocycles. The largest absolute Gasteiger partial charge is 0.473 e. The molecular formula is C12H19N3O3S. The summed E-state index contributed by atoms with van der Waals surface area (Å²) in [5, 5.41) is 3.25. The van der Waals surface area contributed by atoms with E-state index in [9.17, 15) is 8.42 Å². The Balaban J connectivity index is 2.06. The monoisotopic (exact) mass is 285 g/mol. The van der Waals surface area contributed by atoms with E-state index in [2.05, 4.69) is 10.3 Å². The average Bonchev–Trinajstić information content (AvgIpc) is 2.40. The molecule has 0 spiro atoms. The number of hydrogen-bond acceptors (Lipinski definition) is 5. The van der Waals surface area contributed by atoms with Crippen molar-refractivity contribution in [2.75, 3.05) is 27.2 Å². The third-order valence-electron chi connectivity index (χ3n) is 3.03. The Morgan fingerprint density at radius 1 is 1.42 bits per heavy atom. The maximum Gasteiger partial charge on any atom is 0.244 e. The maximum atomic E-state index is 11.9. The fourth-order valence-corrected chi connectivity index (χ4v) is 2.74. The van der Waals surface area contributed by atoms with Crippen LogP contribution in [0.25, 0.3) is 0 Å². The van der Waals surface area contributed by atoms with Crippen molar-refractivity contribution in [3.8, 4) is 5.88 Å². The van der Waals surface area contributed by atoms with E-state index in [0.29, 0.717) is 5.88 Å². The molecule has 7 heteroatoms. The lowest BCUT2D eigenvalue weighted by atomic mass is 10.1. The van der Waals surface area contributed by atoms with Gasteiger partial charge in [-0.05, 0) is 25.5 Å². The Hall–Kier alpha value is -1.18. The molecule has 0 saturated carbocycles. The highest BCUT2D eigenvalue weighted by atomic mass is 32.2. The molecule has 19 heavy (non-hydrogen) atoms. The number of nitrogens with zero attached hydrogens (tertiary/aromatic N) is 2. The normalized spacial score (nSPS) is 20.5. The van der Waals surface area contributed by atoms with E-state index in [4.69, 9.17) is 4.74 Å². The average molecular weight is 285 g/mol. The predicted octanol–water partition coefficient (Wildman–Crippen LogP) is 0.463. The number of aromatic nitrogens is 1.